The average molecular weight is 631 g/mol. The molecule has 5 aromatic rings. The third-order valence-electron chi connectivity index (χ3n) is 7.58. The molecule has 0 radical (unpaired) electrons. The number of hydrogen-bond acceptors (Lipinski definition) is 8. The van der Waals surface area contributed by atoms with Crippen LogP contribution in [0.4, 0.5) is 27.7 Å². The number of aromatic nitrogens is 3. The van der Waals surface area contributed by atoms with E-state index in [0.717, 1.165) is 33.4 Å². The normalized spacial score (nSPS) is 12.8. The number of morpholine rings is 1. The molecular weight excluding hydrogens is 596 g/mol. The Labute approximate surface area is 271 Å². The standard InChI is InChI=1S/C35H34N8O4/c1-22(44)37-29-18-26(20-36-21-29)25-8-13-30-31(19-25)40-32(41-33(30)43-14-16-47-17-15-43)23-4-9-27(10-5-23)38-35(46)39-28-11-6-24(7-12-28)34(45)42(2)3/h4-13,18-21H,14-17H2,1-3H3,(H,37,44)(H2,38,39,46). The summed E-state index contributed by atoms with van der Waals surface area (Å²) < 4.78 is 5.59. The number of anilines is 4. The Morgan fingerprint density at radius 3 is 2.06 bits per heavy atom. The van der Waals surface area contributed by atoms with Crippen LogP contribution in [-0.2, 0) is 9.53 Å². The van der Waals surface area contributed by atoms with Crippen molar-refractivity contribution in [2.24, 2.45) is 0 Å². The number of fused-ring (bicyclic) bond motifs is 1. The van der Waals surface area contributed by atoms with E-state index in [2.05, 4.69) is 25.8 Å². The first-order chi connectivity index (χ1) is 22.7. The molecule has 6 rings (SSSR count). The summed E-state index contributed by atoms with van der Waals surface area (Å²) in [4.78, 5) is 54.3. The summed E-state index contributed by atoms with van der Waals surface area (Å²) in [5, 5.41) is 9.33. The molecule has 1 aliphatic rings. The van der Waals surface area contributed by atoms with E-state index in [9.17, 15) is 14.4 Å². The van der Waals surface area contributed by atoms with Crippen LogP contribution in [0.1, 0.15) is 17.3 Å². The van der Waals surface area contributed by atoms with E-state index in [4.69, 9.17) is 14.7 Å². The highest BCUT2D eigenvalue weighted by atomic mass is 16.5. The number of carbonyl (C=O) groups is 3. The SMILES string of the molecule is CC(=O)Nc1cncc(-c2ccc3c(N4CCOCC4)nc(-c4ccc(NC(=O)Nc5ccc(C(=O)N(C)C)cc5)cc4)nc3c2)c1. The molecule has 0 aliphatic carbocycles. The zero-order valence-electron chi connectivity index (χ0n) is 26.3. The van der Waals surface area contributed by atoms with Crippen molar-refractivity contribution in [2.45, 2.75) is 6.92 Å². The zero-order valence-corrected chi connectivity index (χ0v) is 26.3. The molecule has 1 saturated heterocycles. The second kappa shape index (κ2) is 13.6. The third kappa shape index (κ3) is 7.34. The molecule has 2 aromatic heterocycles. The molecule has 3 N–H and O–H groups in total. The minimum atomic E-state index is -0.411. The van der Waals surface area contributed by atoms with Crippen LogP contribution in [0, 0.1) is 0 Å². The maximum absolute atomic E-state index is 12.7. The highest BCUT2D eigenvalue weighted by Gasteiger charge is 2.19. The first-order valence-electron chi connectivity index (χ1n) is 15.1. The largest absolute Gasteiger partial charge is 0.378 e. The van der Waals surface area contributed by atoms with Crippen molar-refractivity contribution in [1.29, 1.82) is 0 Å². The van der Waals surface area contributed by atoms with Gasteiger partial charge in [-0.1, -0.05) is 6.07 Å². The molecule has 238 valence electrons. The third-order valence-corrected chi connectivity index (χ3v) is 7.58. The lowest BCUT2D eigenvalue weighted by Gasteiger charge is -2.29. The number of pyridine rings is 1. The van der Waals surface area contributed by atoms with E-state index in [1.165, 1.54) is 11.8 Å². The lowest BCUT2D eigenvalue weighted by molar-refractivity contribution is -0.114. The van der Waals surface area contributed by atoms with Crippen LogP contribution in [0.3, 0.4) is 0 Å². The summed E-state index contributed by atoms with van der Waals surface area (Å²) in [6.45, 7) is 4.11. The highest BCUT2D eigenvalue weighted by Crippen LogP contribution is 2.32. The lowest BCUT2D eigenvalue weighted by atomic mass is 10.0. The van der Waals surface area contributed by atoms with Crippen LogP contribution in [-0.4, -0.2) is 78.1 Å². The maximum Gasteiger partial charge on any atom is 0.323 e. The molecule has 0 saturated carbocycles. The van der Waals surface area contributed by atoms with Crippen molar-refractivity contribution in [1.82, 2.24) is 19.9 Å². The average Bonchev–Trinajstić information content (AvgIpc) is 3.08. The van der Waals surface area contributed by atoms with Crippen LogP contribution in [0.5, 0.6) is 0 Å². The van der Waals surface area contributed by atoms with Gasteiger partial charge in [-0.2, -0.15) is 0 Å². The van der Waals surface area contributed by atoms with Gasteiger partial charge in [0.2, 0.25) is 5.91 Å². The second-order valence-corrected chi connectivity index (χ2v) is 11.3. The Balaban J connectivity index is 1.25. The van der Waals surface area contributed by atoms with Gasteiger partial charge in [-0.25, -0.2) is 14.8 Å². The van der Waals surface area contributed by atoms with Crippen molar-refractivity contribution in [3.63, 3.8) is 0 Å². The Morgan fingerprint density at radius 2 is 1.40 bits per heavy atom. The van der Waals surface area contributed by atoms with Gasteiger partial charge in [0.1, 0.15) is 5.82 Å². The van der Waals surface area contributed by atoms with Gasteiger partial charge >= 0.3 is 6.03 Å². The number of amides is 4. The van der Waals surface area contributed by atoms with Crippen LogP contribution in [0.2, 0.25) is 0 Å². The Morgan fingerprint density at radius 1 is 0.745 bits per heavy atom. The fraction of sp³-hybridized carbons (Fsp3) is 0.200. The first-order valence-corrected chi connectivity index (χ1v) is 15.1. The van der Waals surface area contributed by atoms with Gasteiger partial charge in [-0.05, 0) is 72.3 Å². The maximum atomic E-state index is 12.7. The van der Waals surface area contributed by atoms with E-state index >= 15 is 0 Å². The van der Waals surface area contributed by atoms with Crippen molar-refractivity contribution in [3.8, 4) is 22.5 Å². The van der Waals surface area contributed by atoms with Crippen LogP contribution >= 0.6 is 0 Å². The van der Waals surface area contributed by atoms with Crippen molar-refractivity contribution >= 4 is 51.6 Å². The van der Waals surface area contributed by atoms with E-state index in [0.29, 0.717) is 54.8 Å². The molecule has 3 aromatic carbocycles. The van der Waals surface area contributed by atoms with E-state index in [1.807, 2.05) is 36.4 Å². The fourth-order valence-electron chi connectivity index (χ4n) is 5.26. The van der Waals surface area contributed by atoms with Crippen molar-refractivity contribution in [2.75, 3.05) is 61.2 Å². The summed E-state index contributed by atoms with van der Waals surface area (Å²) >= 11 is 0. The van der Waals surface area contributed by atoms with Gasteiger partial charge in [-0.3, -0.25) is 14.6 Å². The van der Waals surface area contributed by atoms with Gasteiger partial charge < -0.3 is 30.5 Å². The quantitative estimate of drug-likeness (QED) is 0.214. The summed E-state index contributed by atoms with van der Waals surface area (Å²) in [5.74, 6) is 1.09. The summed E-state index contributed by atoms with van der Waals surface area (Å²) in [7, 11) is 3.38. The summed E-state index contributed by atoms with van der Waals surface area (Å²) in [5.41, 5.74) is 5.60. The molecule has 12 heteroatoms. The molecule has 0 spiro atoms. The van der Waals surface area contributed by atoms with Gasteiger partial charge in [0.25, 0.3) is 5.91 Å². The van der Waals surface area contributed by atoms with E-state index in [1.54, 1.807) is 62.9 Å². The van der Waals surface area contributed by atoms with Crippen LogP contribution in [0.15, 0.2) is 85.2 Å². The molecule has 1 aliphatic heterocycles. The molecule has 0 atom stereocenters. The highest BCUT2D eigenvalue weighted by molar-refractivity contribution is 6.01. The molecule has 47 heavy (non-hydrogen) atoms. The van der Waals surface area contributed by atoms with E-state index in [-0.39, 0.29) is 11.8 Å². The van der Waals surface area contributed by atoms with Crippen molar-refractivity contribution < 1.29 is 19.1 Å². The minimum Gasteiger partial charge on any atom is -0.378 e. The molecule has 12 nitrogen and oxygen atoms in total. The summed E-state index contributed by atoms with van der Waals surface area (Å²) in [6.07, 6.45) is 3.36. The number of urea groups is 1. The number of benzene rings is 3. The smallest absolute Gasteiger partial charge is 0.323 e. The zero-order chi connectivity index (χ0) is 32.9. The first kappa shape index (κ1) is 31.1. The molecular formula is C35H34N8O4. The lowest BCUT2D eigenvalue weighted by Crippen LogP contribution is -2.37. The van der Waals surface area contributed by atoms with Gasteiger partial charge in [0.15, 0.2) is 5.82 Å². The number of carbonyl (C=O) groups excluding carboxylic acids is 3. The van der Waals surface area contributed by atoms with Gasteiger partial charge in [-0.15, -0.1) is 0 Å². The Kier molecular flexibility index (Phi) is 9.02. The molecule has 3 heterocycles. The monoisotopic (exact) mass is 630 g/mol. The second-order valence-electron chi connectivity index (χ2n) is 11.3. The summed E-state index contributed by atoms with van der Waals surface area (Å²) in [6, 6.07) is 21.5. The number of nitrogens with zero attached hydrogens (tertiary/aromatic N) is 5. The fourth-order valence-corrected chi connectivity index (χ4v) is 5.26. The minimum absolute atomic E-state index is 0.111. The number of hydrogen-bond donors (Lipinski definition) is 3. The van der Waals surface area contributed by atoms with Gasteiger partial charge in [0, 0.05) is 73.8 Å². The molecule has 1 fully saturated rings. The number of rotatable bonds is 7. The predicted molar refractivity (Wildman–Crippen MR) is 183 cm³/mol. The predicted octanol–water partition coefficient (Wildman–Crippen LogP) is 5.50. The topological polar surface area (TPSA) is 142 Å². The Hall–Kier alpha value is -5.88. The Bertz CT molecular complexity index is 1940. The van der Waals surface area contributed by atoms with Crippen LogP contribution < -0.4 is 20.9 Å². The molecule has 4 amide bonds. The van der Waals surface area contributed by atoms with Crippen molar-refractivity contribution in [3.05, 3.63) is 90.8 Å². The van der Waals surface area contributed by atoms with Crippen LogP contribution in [0.25, 0.3) is 33.4 Å². The number of nitrogens with one attached hydrogen (secondary N) is 3. The molecule has 0 bridgehead atoms. The number of ether oxygens (including phenoxy) is 1. The van der Waals surface area contributed by atoms with Gasteiger partial charge in [0.05, 0.1) is 30.6 Å². The molecule has 0 unspecified atom stereocenters. The van der Waals surface area contributed by atoms with E-state index < -0.39 is 6.03 Å².